The van der Waals surface area contributed by atoms with Crippen LogP contribution in [-0.2, 0) is 61.1 Å². The molecule has 0 saturated heterocycles. The Bertz CT molecular complexity index is 3340. The zero-order valence-electron chi connectivity index (χ0n) is 45.4. The maximum absolute atomic E-state index is 14.0. The SMILES string of the molecule is C=CCN(C)Cc1cc(CC)c2c(c1O)C(O)=C1C(=O)[C@]3(O)C(O)=C(C(N)=O)C(=O)[C@@H](N(C)C)[C@@H]3C[C@@H]1C2.CN(C)c1cc(CNC(=O)c2ccno2)c(O)c2c1C[C@H]1C[C@H]3C(N(C)C)C(=O)C(C(N)=O)=C(O)[C@@]3(O)C(=O)C1=C2O. The lowest BCUT2D eigenvalue weighted by molar-refractivity contribution is -0.155. The molecule has 3 aromatic rings. The number of nitrogens with one attached hydrogen (secondary N) is 1. The lowest BCUT2D eigenvalue weighted by Gasteiger charge is -2.50. The lowest BCUT2D eigenvalue weighted by Crippen LogP contribution is -2.65. The second-order valence-electron chi connectivity index (χ2n) is 21.9. The molecule has 24 heteroatoms. The van der Waals surface area contributed by atoms with Crippen LogP contribution in [0.4, 0.5) is 5.69 Å². The van der Waals surface area contributed by atoms with Crippen molar-refractivity contribution >= 4 is 58.1 Å². The molecule has 2 fully saturated rings. The molecule has 80 heavy (non-hydrogen) atoms. The zero-order valence-corrected chi connectivity index (χ0v) is 45.4. The smallest absolute Gasteiger partial charge is 0.290 e. The molecule has 8 atom stereocenters. The second-order valence-corrected chi connectivity index (χ2v) is 21.9. The molecule has 1 unspecified atom stereocenters. The number of primary amides is 2. The summed E-state index contributed by atoms with van der Waals surface area (Å²) >= 11 is 0. The highest BCUT2D eigenvalue weighted by Crippen LogP contribution is 2.56. The Labute approximate surface area is 459 Å². The number of carbonyl (C=O) groups is 7. The summed E-state index contributed by atoms with van der Waals surface area (Å²) < 4.78 is 4.85. The summed E-state index contributed by atoms with van der Waals surface area (Å²) in [5, 5.41) is 97.1. The highest BCUT2D eigenvalue weighted by Gasteiger charge is 2.66. The van der Waals surface area contributed by atoms with Gasteiger partial charge >= 0.3 is 0 Å². The van der Waals surface area contributed by atoms with Crippen molar-refractivity contribution in [2.75, 3.05) is 60.8 Å². The number of aryl methyl sites for hydroxylation is 1. The summed E-state index contributed by atoms with van der Waals surface area (Å²) in [7, 11) is 11.6. The Morgan fingerprint density at radius 1 is 0.738 bits per heavy atom. The van der Waals surface area contributed by atoms with E-state index in [1.54, 1.807) is 59.3 Å². The van der Waals surface area contributed by atoms with Crippen molar-refractivity contribution in [2.24, 2.45) is 35.1 Å². The monoisotopic (exact) mass is 1110 g/mol. The summed E-state index contributed by atoms with van der Waals surface area (Å²) in [6, 6.07) is 2.64. The molecule has 0 bridgehead atoms. The number of anilines is 1. The average Bonchev–Trinajstić information content (AvgIpc) is 4.07. The fourth-order valence-electron chi connectivity index (χ4n) is 12.9. The van der Waals surface area contributed by atoms with Gasteiger partial charge in [-0.15, -0.1) is 6.58 Å². The van der Waals surface area contributed by atoms with Gasteiger partial charge in [0, 0.05) is 79.6 Å². The van der Waals surface area contributed by atoms with E-state index in [1.165, 1.54) is 22.1 Å². The van der Waals surface area contributed by atoms with Crippen molar-refractivity contribution in [1.82, 2.24) is 25.2 Å². The summed E-state index contributed by atoms with van der Waals surface area (Å²) in [4.78, 5) is 97.7. The van der Waals surface area contributed by atoms with Crippen molar-refractivity contribution < 1.29 is 78.9 Å². The van der Waals surface area contributed by atoms with E-state index in [9.17, 15) is 74.4 Å². The van der Waals surface area contributed by atoms with Crippen molar-refractivity contribution in [3.8, 4) is 11.5 Å². The first-order valence-corrected chi connectivity index (χ1v) is 25.7. The van der Waals surface area contributed by atoms with E-state index < -0.39 is 128 Å². The van der Waals surface area contributed by atoms with E-state index in [0.29, 0.717) is 41.9 Å². The minimum absolute atomic E-state index is 0.0195. The van der Waals surface area contributed by atoms with Gasteiger partial charge in [-0.25, -0.2) is 0 Å². The summed E-state index contributed by atoms with van der Waals surface area (Å²) in [6.45, 7) is 6.44. The van der Waals surface area contributed by atoms with Crippen LogP contribution in [0.15, 0.2) is 75.4 Å². The molecule has 0 radical (unpaired) electrons. The number of carbonyl (C=O) groups excluding carboxylic acids is 7. The normalized spacial score (nSPS) is 26.1. The van der Waals surface area contributed by atoms with Gasteiger partial charge in [0.25, 0.3) is 17.7 Å². The first-order chi connectivity index (χ1) is 37.5. The van der Waals surface area contributed by atoms with Crippen LogP contribution in [-0.4, -0.2) is 181 Å². The van der Waals surface area contributed by atoms with Crippen LogP contribution in [0.3, 0.4) is 0 Å². The van der Waals surface area contributed by atoms with Crippen LogP contribution in [0, 0.1) is 23.7 Å². The first kappa shape index (κ1) is 58.0. The van der Waals surface area contributed by atoms with Crippen LogP contribution in [0.5, 0.6) is 11.5 Å². The van der Waals surface area contributed by atoms with Gasteiger partial charge in [-0.2, -0.15) is 0 Å². The molecule has 13 N–H and O–H groups in total. The number of phenolic OH excluding ortho intramolecular Hbond substituents is 2. The predicted octanol–water partition coefficient (Wildman–Crippen LogP) is 1.09. The molecule has 0 spiro atoms. The molecule has 3 amide bonds. The number of aromatic hydroxyl groups is 2. The summed E-state index contributed by atoms with van der Waals surface area (Å²) in [5.74, 6) is -14.3. The summed E-state index contributed by atoms with van der Waals surface area (Å²) in [5.41, 5.74) is 6.79. The Morgan fingerprint density at radius 3 is 1.64 bits per heavy atom. The number of nitrogens with zero attached hydrogens (tertiary/aromatic N) is 5. The fourth-order valence-corrected chi connectivity index (χ4v) is 12.9. The standard InChI is InChI=1S/C28H31N5O9.C28H35N3O7/c1-32(2)15-9-12(10-30-27(40)16-5-6-31-42-16)21(34)18-13(15)7-11-8-14-20(33(3)4)23(36)19(26(29)39)25(38)28(14,41)24(37)17(11)22(18)35;1-6-8-31(5)12-15-9-13(7-2)16-10-14-11-17-21(30(3)4)24(34)20(27(29)37)26(36)28(17,38)25(35)18(14)23(33)19(16)22(15)32/h5-6,9,11,14,20,34-35,38,41H,7-8,10H2,1-4H3,(H2,29,39)(H,30,40);6,9,14,17,21,32-33,36,38H,1,7-8,10-12H2,2-5H3,(H2,29,37)/t11-,14-,20?,28-;14-,17-,21-,28-/m00/s1. The number of phenols is 2. The highest BCUT2D eigenvalue weighted by molar-refractivity contribution is 6.25. The third kappa shape index (κ3) is 8.90. The van der Waals surface area contributed by atoms with Gasteiger partial charge in [-0.05, 0) is 102 Å². The number of ketones is 4. The van der Waals surface area contributed by atoms with E-state index in [1.807, 2.05) is 24.9 Å². The second kappa shape index (κ2) is 21.1. The predicted molar refractivity (Wildman–Crippen MR) is 286 cm³/mol. The number of Topliss-reactive ketones (excluding diaryl/α,β-unsaturated/α-hetero) is 4. The molecule has 6 aliphatic carbocycles. The number of hydrogen-bond acceptors (Lipinski definition) is 21. The highest BCUT2D eigenvalue weighted by atomic mass is 16.5. The number of likely N-dealkylation sites (N-methyl/N-ethyl adjacent to an activating group) is 3. The van der Waals surface area contributed by atoms with Crippen LogP contribution in [0.25, 0.3) is 11.5 Å². The molecule has 1 heterocycles. The zero-order chi connectivity index (χ0) is 59.1. The molecule has 2 aromatic carbocycles. The Hall–Kier alpha value is -8.16. The third-order valence-corrected chi connectivity index (χ3v) is 16.5. The number of nitrogens with two attached hydrogens (primary N) is 2. The van der Waals surface area contributed by atoms with E-state index in [0.717, 1.165) is 5.56 Å². The van der Waals surface area contributed by atoms with Crippen LogP contribution in [0.1, 0.15) is 69.3 Å². The van der Waals surface area contributed by atoms with E-state index in [4.69, 9.17) is 16.0 Å². The van der Waals surface area contributed by atoms with Gasteiger partial charge in [0.1, 0.15) is 45.7 Å². The number of hydrogen-bond donors (Lipinski definition) is 11. The van der Waals surface area contributed by atoms with E-state index in [2.05, 4.69) is 17.1 Å². The van der Waals surface area contributed by atoms with E-state index >= 15 is 0 Å². The largest absolute Gasteiger partial charge is 0.508 e. The van der Waals surface area contributed by atoms with Crippen molar-refractivity contribution in [3.63, 3.8) is 0 Å². The van der Waals surface area contributed by atoms with Gasteiger partial charge in [0.2, 0.25) is 17.3 Å². The molecular formula is C56H66N8O16. The Morgan fingerprint density at radius 2 is 1.21 bits per heavy atom. The fraction of sp³-hybridized carbons (Fsp3) is 0.429. The van der Waals surface area contributed by atoms with Gasteiger partial charge < -0.3 is 67.1 Å². The number of aliphatic hydroxyl groups is 6. The minimum Gasteiger partial charge on any atom is -0.508 e. The molecule has 9 rings (SSSR count). The van der Waals surface area contributed by atoms with Gasteiger partial charge in [0.05, 0.1) is 29.4 Å². The maximum atomic E-state index is 14.0. The average molecular weight is 1110 g/mol. The Balaban J connectivity index is 0.000000211. The van der Waals surface area contributed by atoms with E-state index in [-0.39, 0.29) is 71.6 Å². The molecule has 426 valence electrons. The molecule has 24 nitrogen and oxygen atoms in total. The van der Waals surface area contributed by atoms with Crippen molar-refractivity contribution in [3.05, 3.63) is 116 Å². The van der Waals surface area contributed by atoms with Crippen molar-refractivity contribution in [2.45, 2.75) is 75.4 Å². The lowest BCUT2D eigenvalue weighted by atomic mass is 9.57. The quantitative estimate of drug-likeness (QED) is 0.0843. The number of aromatic nitrogens is 1. The summed E-state index contributed by atoms with van der Waals surface area (Å²) in [6.07, 6.45) is 4.12. The third-order valence-electron chi connectivity index (χ3n) is 16.5. The minimum atomic E-state index is -2.73. The van der Waals surface area contributed by atoms with Crippen molar-refractivity contribution in [1.29, 1.82) is 0 Å². The first-order valence-electron chi connectivity index (χ1n) is 25.7. The molecule has 2 saturated carbocycles. The van der Waals surface area contributed by atoms with Gasteiger partial charge in [0.15, 0.2) is 22.8 Å². The number of benzene rings is 2. The topological polar surface area (TPSA) is 384 Å². The number of fused-ring (bicyclic) bond motifs is 6. The number of rotatable bonds is 13. The van der Waals surface area contributed by atoms with Crippen LogP contribution >= 0.6 is 0 Å². The Kier molecular flexibility index (Phi) is 15.3. The molecule has 1 aromatic heterocycles. The molecule has 0 aliphatic heterocycles. The number of amides is 3. The van der Waals surface area contributed by atoms with Crippen LogP contribution < -0.4 is 21.7 Å². The van der Waals surface area contributed by atoms with Crippen LogP contribution in [0.2, 0.25) is 0 Å². The number of aliphatic hydroxyl groups excluding tert-OH is 4. The van der Waals surface area contributed by atoms with Gasteiger partial charge in [-0.3, -0.25) is 48.3 Å². The molecular weight excluding hydrogens is 1040 g/mol. The maximum Gasteiger partial charge on any atom is 0.290 e. The van der Waals surface area contributed by atoms with Gasteiger partial charge in [-0.1, -0.05) is 24.2 Å². The molecule has 6 aliphatic rings.